The van der Waals surface area contributed by atoms with Gasteiger partial charge in [-0.25, -0.2) is 0 Å². The van der Waals surface area contributed by atoms with Gasteiger partial charge in [-0.1, -0.05) is 30.7 Å². The molecule has 0 unspecified atom stereocenters. The van der Waals surface area contributed by atoms with E-state index in [9.17, 15) is 14.4 Å². The number of carbonyl (C=O) groups excluding carboxylic acids is 3. The number of benzene rings is 2. The number of halogens is 1. The van der Waals surface area contributed by atoms with Crippen molar-refractivity contribution in [2.75, 3.05) is 26.8 Å². The highest BCUT2D eigenvalue weighted by molar-refractivity contribution is 6.33. The van der Waals surface area contributed by atoms with Crippen molar-refractivity contribution in [3.8, 4) is 11.5 Å². The largest absolute Gasteiger partial charge is 0.419 e. The fourth-order valence-electron chi connectivity index (χ4n) is 3.92. The fraction of sp³-hybridized carbons (Fsp3) is 0.320. The molecule has 0 saturated heterocycles. The summed E-state index contributed by atoms with van der Waals surface area (Å²) in [6.07, 6.45) is 1.24. The first kappa shape index (κ1) is 24.6. The molecular formula is C25H25ClN4O5. The summed E-state index contributed by atoms with van der Waals surface area (Å²) in [6, 6.07) is 11.7. The van der Waals surface area contributed by atoms with E-state index in [-0.39, 0.29) is 42.2 Å². The lowest BCUT2D eigenvalue weighted by Gasteiger charge is -2.20. The van der Waals surface area contributed by atoms with E-state index in [1.807, 2.05) is 13.0 Å². The molecule has 0 aliphatic carbocycles. The number of rotatable bonds is 10. The molecule has 3 amide bonds. The van der Waals surface area contributed by atoms with Crippen LogP contribution in [-0.2, 0) is 11.3 Å². The normalized spacial score (nSPS) is 12.8. The van der Waals surface area contributed by atoms with Crippen LogP contribution in [0.1, 0.15) is 56.7 Å². The maximum atomic E-state index is 13.3. The number of carbonyl (C=O) groups is 3. The van der Waals surface area contributed by atoms with Crippen LogP contribution in [0.5, 0.6) is 0 Å². The Labute approximate surface area is 207 Å². The average molecular weight is 497 g/mol. The van der Waals surface area contributed by atoms with E-state index in [1.165, 1.54) is 17.0 Å². The first-order valence-corrected chi connectivity index (χ1v) is 11.7. The van der Waals surface area contributed by atoms with Crippen molar-refractivity contribution in [2.24, 2.45) is 0 Å². The molecule has 182 valence electrons. The van der Waals surface area contributed by atoms with Crippen LogP contribution < -0.4 is 0 Å². The van der Waals surface area contributed by atoms with Gasteiger partial charge in [-0.05, 0) is 43.2 Å². The van der Waals surface area contributed by atoms with Crippen LogP contribution in [0, 0.1) is 0 Å². The molecule has 35 heavy (non-hydrogen) atoms. The van der Waals surface area contributed by atoms with Crippen LogP contribution in [0.15, 0.2) is 46.9 Å². The summed E-state index contributed by atoms with van der Waals surface area (Å²) in [5.74, 6) is -0.532. The zero-order valence-electron chi connectivity index (χ0n) is 19.5. The van der Waals surface area contributed by atoms with E-state index in [2.05, 4.69) is 10.2 Å². The number of ether oxygens (including phenoxy) is 1. The Bertz CT molecular complexity index is 1260. The number of amides is 3. The van der Waals surface area contributed by atoms with E-state index in [0.717, 1.165) is 0 Å². The number of imide groups is 1. The third-order valence-corrected chi connectivity index (χ3v) is 5.96. The van der Waals surface area contributed by atoms with Crippen molar-refractivity contribution in [2.45, 2.75) is 26.3 Å². The van der Waals surface area contributed by atoms with E-state index in [1.54, 1.807) is 36.3 Å². The third-order valence-electron chi connectivity index (χ3n) is 5.63. The summed E-state index contributed by atoms with van der Waals surface area (Å²) < 4.78 is 10.8. The number of hydrogen-bond acceptors (Lipinski definition) is 7. The van der Waals surface area contributed by atoms with Crippen molar-refractivity contribution in [1.82, 2.24) is 20.0 Å². The zero-order valence-corrected chi connectivity index (χ0v) is 20.2. The Morgan fingerprint density at radius 1 is 1.09 bits per heavy atom. The second-order valence-electron chi connectivity index (χ2n) is 8.08. The number of methoxy groups -OCH3 is 1. The number of aromatic nitrogens is 2. The van der Waals surface area contributed by atoms with Crippen molar-refractivity contribution in [1.29, 1.82) is 0 Å². The molecular weight excluding hydrogens is 472 g/mol. The summed E-state index contributed by atoms with van der Waals surface area (Å²) in [5.41, 5.74) is 1.45. The van der Waals surface area contributed by atoms with Gasteiger partial charge in [0.05, 0.1) is 28.3 Å². The predicted octanol–water partition coefficient (Wildman–Crippen LogP) is 4.07. The molecule has 10 heteroatoms. The molecule has 1 aromatic heterocycles. The maximum Gasteiger partial charge on any atom is 0.261 e. The molecule has 4 rings (SSSR count). The lowest BCUT2D eigenvalue weighted by molar-refractivity contribution is 0.0638. The van der Waals surface area contributed by atoms with Crippen LogP contribution in [0.2, 0.25) is 5.02 Å². The Balaban J connectivity index is 1.53. The van der Waals surface area contributed by atoms with Gasteiger partial charge in [-0.15, -0.1) is 10.2 Å². The smallest absolute Gasteiger partial charge is 0.261 e. The van der Waals surface area contributed by atoms with Crippen LogP contribution in [-0.4, -0.2) is 64.5 Å². The van der Waals surface area contributed by atoms with Gasteiger partial charge in [0.2, 0.25) is 11.8 Å². The maximum absolute atomic E-state index is 13.3. The Kier molecular flexibility index (Phi) is 7.57. The standard InChI is InChI=1S/C25H25ClN4O5/c1-3-11-29(15-21-27-28-22(35-21)18-7-4-5-8-20(18)26)23(31)16-9-10-17-19(14-16)25(33)30(24(17)32)12-6-13-34-2/h4-5,7-10,14H,3,6,11-13,15H2,1-2H3. The number of hydrogen-bond donors (Lipinski definition) is 0. The first-order valence-electron chi connectivity index (χ1n) is 11.3. The lowest BCUT2D eigenvalue weighted by atomic mass is 10.0. The van der Waals surface area contributed by atoms with Gasteiger partial charge in [-0.2, -0.15) is 0 Å². The van der Waals surface area contributed by atoms with Gasteiger partial charge < -0.3 is 14.1 Å². The predicted molar refractivity (Wildman–Crippen MR) is 128 cm³/mol. The molecule has 3 aromatic rings. The molecule has 0 spiro atoms. The highest BCUT2D eigenvalue weighted by atomic mass is 35.5. The Morgan fingerprint density at radius 3 is 2.60 bits per heavy atom. The fourth-order valence-corrected chi connectivity index (χ4v) is 4.14. The monoisotopic (exact) mass is 496 g/mol. The molecule has 1 aliphatic heterocycles. The molecule has 1 aliphatic rings. The summed E-state index contributed by atoms with van der Waals surface area (Å²) in [7, 11) is 1.56. The van der Waals surface area contributed by atoms with E-state index in [4.69, 9.17) is 20.8 Å². The molecule has 0 radical (unpaired) electrons. The molecule has 9 nitrogen and oxygen atoms in total. The van der Waals surface area contributed by atoms with Gasteiger partial charge in [0.15, 0.2) is 0 Å². The van der Waals surface area contributed by atoms with Crippen molar-refractivity contribution >= 4 is 29.3 Å². The van der Waals surface area contributed by atoms with Gasteiger partial charge in [0.1, 0.15) is 0 Å². The molecule has 0 fully saturated rings. The van der Waals surface area contributed by atoms with E-state index < -0.39 is 5.91 Å². The van der Waals surface area contributed by atoms with E-state index >= 15 is 0 Å². The summed E-state index contributed by atoms with van der Waals surface area (Å²) in [5, 5.41) is 8.62. The van der Waals surface area contributed by atoms with Crippen LogP contribution in [0.3, 0.4) is 0 Å². The third kappa shape index (κ3) is 5.11. The minimum absolute atomic E-state index is 0.0945. The van der Waals surface area contributed by atoms with Crippen LogP contribution >= 0.6 is 11.6 Å². The first-order chi connectivity index (χ1) is 16.9. The molecule has 0 bridgehead atoms. The second kappa shape index (κ2) is 10.8. The minimum atomic E-state index is -0.404. The van der Waals surface area contributed by atoms with Gasteiger partial charge in [0.25, 0.3) is 17.7 Å². The Morgan fingerprint density at radius 2 is 1.86 bits per heavy atom. The molecule has 0 N–H and O–H groups in total. The van der Waals surface area contributed by atoms with Crippen molar-refractivity contribution < 1.29 is 23.5 Å². The number of fused-ring (bicyclic) bond motifs is 1. The molecule has 0 saturated carbocycles. The van der Waals surface area contributed by atoms with Crippen LogP contribution in [0.25, 0.3) is 11.5 Å². The average Bonchev–Trinajstić information content (AvgIpc) is 3.42. The summed E-state index contributed by atoms with van der Waals surface area (Å²) >= 11 is 6.21. The molecule has 2 heterocycles. The van der Waals surface area contributed by atoms with Gasteiger partial charge in [0, 0.05) is 32.4 Å². The molecule has 2 aromatic carbocycles. The SMILES string of the molecule is CCCN(Cc1nnc(-c2ccccc2Cl)o1)C(=O)c1ccc2c(c1)C(=O)N(CCCOC)C2=O. The quantitative estimate of drug-likeness (QED) is 0.307. The van der Waals surface area contributed by atoms with Crippen molar-refractivity contribution in [3.63, 3.8) is 0 Å². The topological polar surface area (TPSA) is 106 Å². The lowest BCUT2D eigenvalue weighted by Crippen LogP contribution is -2.32. The van der Waals surface area contributed by atoms with Gasteiger partial charge >= 0.3 is 0 Å². The second-order valence-corrected chi connectivity index (χ2v) is 8.48. The highest BCUT2D eigenvalue weighted by Crippen LogP contribution is 2.27. The van der Waals surface area contributed by atoms with Crippen LogP contribution in [0.4, 0.5) is 0 Å². The zero-order chi connectivity index (χ0) is 24.9. The Hall–Kier alpha value is -3.56. The van der Waals surface area contributed by atoms with Crippen molar-refractivity contribution in [3.05, 3.63) is 70.1 Å². The number of nitrogens with zero attached hydrogens (tertiary/aromatic N) is 4. The van der Waals surface area contributed by atoms with Gasteiger partial charge in [-0.3, -0.25) is 19.3 Å². The minimum Gasteiger partial charge on any atom is -0.419 e. The molecule has 0 atom stereocenters. The highest BCUT2D eigenvalue weighted by Gasteiger charge is 2.36. The summed E-state index contributed by atoms with van der Waals surface area (Å²) in [6.45, 7) is 3.19. The van der Waals surface area contributed by atoms with E-state index in [0.29, 0.717) is 47.7 Å². The summed E-state index contributed by atoms with van der Waals surface area (Å²) in [4.78, 5) is 41.6.